The first-order chi connectivity index (χ1) is 14.5. The molecule has 0 saturated carbocycles. The van der Waals surface area contributed by atoms with E-state index in [9.17, 15) is 4.79 Å². The van der Waals surface area contributed by atoms with Crippen LogP contribution in [-0.2, 0) is 17.9 Å². The average Bonchev–Trinajstić information content (AvgIpc) is 3.33. The highest BCUT2D eigenvalue weighted by molar-refractivity contribution is 6.33. The molecule has 152 valence electrons. The van der Waals surface area contributed by atoms with Gasteiger partial charge in [0.2, 0.25) is 0 Å². The third kappa shape index (κ3) is 4.05. The molecule has 8 nitrogen and oxygen atoms in total. The number of halogens is 2. The summed E-state index contributed by atoms with van der Waals surface area (Å²) in [4.78, 5) is 12.7. The van der Waals surface area contributed by atoms with Crippen molar-refractivity contribution in [2.45, 2.75) is 20.1 Å². The number of carbonyl (C=O) groups is 1. The van der Waals surface area contributed by atoms with E-state index in [1.54, 1.807) is 13.0 Å². The fraction of sp³-hybridized carbons (Fsp3) is 0.150. The molecule has 0 spiro atoms. The molecule has 0 aliphatic heterocycles. The lowest BCUT2D eigenvalue weighted by Crippen LogP contribution is -2.11. The van der Waals surface area contributed by atoms with E-state index in [2.05, 4.69) is 20.6 Å². The molecular formula is C20H16Cl2N6O2. The van der Waals surface area contributed by atoms with Crippen LogP contribution in [0.15, 0.2) is 54.6 Å². The van der Waals surface area contributed by atoms with Crippen molar-refractivity contribution in [1.82, 2.24) is 30.0 Å². The Morgan fingerprint density at radius 2 is 1.80 bits per heavy atom. The van der Waals surface area contributed by atoms with Gasteiger partial charge in [-0.2, -0.15) is 9.78 Å². The van der Waals surface area contributed by atoms with Crippen molar-refractivity contribution in [3.63, 3.8) is 0 Å². The van der Waals surface area contributed by atoms with Crippen LogP contribution in [0.25, 0.3) is 5.69 Å². The molecule has 4 aromatic rings. The Kier molecular flexibility index (Phi) is 5.78. The van der Waals surface area contributed by atoms with Crippen LogP contribution in [0.1, 0.15) is 27.4 Å². The highest BCUT2D eigenvalue weighted by Gasteiger charge is 2.23. The van der Waals surface area contributed by atoms with Crippen LogP contribution in [0, 0.1) is 6.92 Å². The van der Waals surface area contributed by atoms with Crippen molar-refractivity contribution in [3.8, 4) is 5.69 Å². The van der Waals surface area contributed by atoms with Crippen LogP contribution in [0.4, 0.5) is 0 Å². The van der Waals surface area contributed by atoms with Crippen LogP contribution in [0.5, 0.6) is 0 Å². The van der Waals surface area contributed by atoms with E-state index < -0.39 is 5.97 Å². The molecule has 0 radical (unpaired) electrons. The summed E-state index contributed by atoms with van der Waals surface area (Å²) in [7, 11) is 0. The highest BCUT2D eigenvalue weighted by atomic mass is 35.5. The zero-order valence-electron chi connectivity index (χ0n) is 15.9. The molecule has 0 bridgehead atoms. The fourth-order valence-electron chi connectivity index (χ4n) is 2.95. The van der Waals surface area contributed by atoms with Crippen molar-refractivity contribution in [2.24, 2.45) is 0 Å². The molecular weight excluding hydrogens is 427 g/mol. The molecule has 2 heterocycles. The van der Waals surface area contributed by atoms with Gasteiger partial charge in [0, 0.05) is 5.02 Å². The van der Waals surface area contributed by atoms with E-state index in [1.165, 1.54) is 9.36 Å². The molecule has 0 unspecified atom stereocenters. The minimum absolute atomic E-state index is 0.119. The second-order valence-electron chi connectivity index (χ2n) is 6.42. The van der Waals surface area contributed by atoms with Gasteiger partial charge in [-0.05, 0) is 41.1 Å². The van der Waals surface area contributed by atoms with Gasteiger partial charge >= 0.3 is 5.97 Å². The quantitative estimate of drug-likeness (QED) is 0.421. The predicted octanol–water partition coefficient (Wildman–Crippen LogP) is 3.88. The first kappa shape index (κ1) is 20.1. The lowest BCUT2D eigenvalue weighted by molar-refractivity contribution is 0.0459. The molecule has 0 saturated heterocycles. The minimum Gasteiger partial charge on any atom is -0.454 e. The number of nitrogens with zero attached hydrogens (tertiary/aromatic N) is 6. The number of rotatable bonds is 6. The minimum atomic E-state index is -0.606. The molecule has 30 heavy (non-hydrogen) atoms. The largest absolute Gasteiger partial charge is 0.454 e. The molecule has 0 atom stereocenters. The van der Waals surface area contributed by atoms with E-state index in [4.69, 9.17) is 27.9 Å². The summed E-state index contributed by atoms with van der Waals surface area (Å²) in [5.41, 5.74) is 2.25. The smallest absolute Gasteiger partial charge is 0.343 e. The number of ether oxygens (including phenoxy) is 1. The molecule has 0 aliphatic rings. The molecule has 0 amide bonds. The summed E-state index contributed by atoms with van der Waals surface area (Å²) in [5.74, 6) is -0.225. The third-order valence-electron chi connectivity index (χ3n) is 4.41. The molecule has 10 heteroatoms. The summed E-state index contributed by atoms with van der Waals surface area (Å²) in [5, 5.41) is 16.7. The van der Waals surface area contributed by atoms with Crippen LogP contribution in [0.2, 0.25) is 10.2 Å². The first-order valence-electron chi connectivity index (χ1n) is 9.00. The van der Waals surface area contributed by atoms with Crippen LogP contribution < -0.4 is 0 Å². The molecule has 0 N–H and O–H groups in total. The number of aromatic nitrogens is 6. The van der Waals surface area contributed by atoms with E-state index in [0.717, 1.165) is 11.3 Å². The van der Waals surface area contributed by atoms with Gasteiger partial charge in [-0.1, -0.05) is 59.6 Å². The van der Waals surface area contributed by atoms with Crippen molar-refractivity contribution >= 4 is 29.2 Å². The maximum absolute atomic E-state index is 12.7. The van der Waals surface area contributed by atoms with Gasteiger partial charge in [-0.3, -0.25) is 0 Å². The Bertz CT molecular complexity index is 1190. The number of esters is 1. The van der Waals surface area contributed by atoms with Gasteiger partial charge < -0.3 is 4.74 Å². The van der Waals surface area contributed by atoms with Crippen molar-refractivity contribution in [1.29, 1.82) is 0 Å². The van der Waals surface area contributed by atoms with Crippen LogP contribution in [0.3, 0.4) is 0 Å². The zero-order valence-corrected chi connectivity index (χ0v) is 17.4. The first-order valence-corrected chi connectivity index (χ1v) is 9.76. The highest BCUT2D eigenvalue weighted by Crippen LogP contribution is 2.24. The summed E-state index contributed by atoms with van der Waals surface area (Å²) >= 11 is 12.6. The third-order valence-corrected chi connectivity index (χ3v) is 5.17. The topological polar surface area (TPSA) is 87.7 Å². The second-order valence-corrected chi connectivity index (χ2v) is 7.18. The van der Waals surface area contributed by atoms with Gasteiger partial charge in [-0.15, -0.1) is 5.10 Å². The van der Waals surface area contributed by atoms with E-state index in [1.807, 2.05) is 48.5 Å². The number of hydrogen-bond acceptors (Lipinski definition) is 6. The SMILES string of the molecule is Cc1nn(Cc2ccccc2Cl)c(Cl)c1C(=O)OCc1nnnn1-c1ccccc1. The lowest BCUT2D eigenvalue weighted by atomic mass is 10.2. The number of para-hydroxylation sites is 1. The van der Waals surface area contributed by atoms with E-state index >= 15 is 0 Å². The number of hydrogen-bond donors (Lipinski definition) is 0. The molecule has 2 aromatic heterocycles. The molecule has 0 aliphatic carbocycles. The number of tetrazole rings is 1. The summed E-state index contributed by atoms with van der Waals surface area (Å²) in [6.07, 6.45) is 0. The molecule has 4 rings (SSSR count). The number of carbonyl (C=O) groups excluding carboxylic acids is 1. The fourth-order valence-corrected chi connectivity index (χ4v) is 3.45. The normalized spacial score (nSPS) is 10.9. The Morgan fingerprint density at radius 1 is 1.07 bits per heavy atom. The van der Waals surface area contributed by atoms with Crippen molar-refractivity contribution in [2.75, 3.05) is 0 Å². The van der Waals surface area contributed by atoms with Gasteiger partial charge in [0.15, 0.2) is 12.4 Å². The average molecular weight is 443 g/mol. The molecule has 2 aromatic carbocycles. The van der Waals surface area contributed by atoms with Gasteiger partial charge in [0.25, 0.3) is 0 Å². The number of benzene rings is 2. The van der Waals surface area contributed by atoms with Gasteiger partial charge in [0.05, 0.1) is 17.9 Å². The van der Waals surface area contributed by atoms with Crippen molar-refractivity contribution in [3.05, 3.63) is 87.4 Å². The maximum atomic E-state index is 12.7. The molecule has 0 fully saturated rings. The Balaban J connectivity index is 1.51. The van der Waals surface area contributed by atoms with Gasteiger partial charge in [0.1, 0.15) is 10.7 Å². The zero-order chi connectivity index (χ0) is 21.1. The monoisotopic (exact) mass is 442 g/mol. The summed E-state index contributed by atoms with van der Waals surface area (Å²) < 4.78 is 8.44. The predicted molar refractivity (Wildman–Crippen MR) is 111 cm³/mol. The van der Waals surface area contributed by atoms with E-state index in [0.29, 0.717) is 23.1 Å². The standard InChI is InChI=1S/C20H16Cl2N6O2/c1-13-18(19(22)27(24-13)11-14-7-5-6-10-16(14)21)20(29)30-12-17-23-25-26-28(17)15-8-3-2-4-9-15/h2-10H,11-12H2,1H3. The second kappa shape index (κ2) is 8.64. The Labute approximate surface area is 182 Å². The maximum Gasteiger partial charge on any atom is 0.343 e. The van der Waals surface area contributed by atoms with Crippen molar-refractivity contribution < 1.29 is 9.53 Å². The van der Waals surface area contributed by atoms with Crippen LogP contribution >= 0.6 is 23.2 Å². The Morgan fingerprint density at radius 3 is 2.57 bits per heavy atom. The van der Waals surface area contributed by atoms with Gasteiger partial charge in [-0.25, -0.2) is 9.48 Å². The summed E-state index contributed by atoms with van der Waals surface area (Å²) in [6, 6.07) is 16.7. The lowest BCUT2D eigenvalue weighted by Gasteiger charge is -2.07. The van der Waals surface area contributed by atoms with Crippen LogP contribution in [-0.4, -0.2) is 36.0 Å². The summed E-state index contributed by atoms with van der Waals surface area (Å²) in [6.45, 7) is 1.91. The Hall–Kier alpha value is -3.23. The van der Waals surface area contributed by atoms with E-state index in [-0.39, 0.29) is 17.3 Å². The number of aryl methyl sites for hydroxylation is 1.